The predicted molar refractivity (Wildman–Crippen MR) is 84.2 cm³/mol. The molecule has 0 atom stereocenters. The zero-order chi connectivity index (χ0) is 14.7. The first kappa shape index (κ1) is 13.4. The van der Waals surface area contributed by atoms with Gasteiger partial charge in [0.15, 0.2) is 0 Å². The molecule has 106 valence electrons. The molecule has 1 aromatic carbocycles. The number of benzene rings is 1. The molecule has 0 unspecified atom stereocenters. The molecule has 21 heavy (non-hydrogen) atoms. The molecule has 0 saturated carbocycles. The first-order valence-electron chi connectivity index (χ1n) is 7.11. The number of H-pyrrole nitrogens is 1. The molecule has 0 aliphatic rings. The van der Waals surface area contributed by atoms with E-state index in [2.05, 4.69) is 15.3 Å². The molecule has 2 heterocycles. The number of fused-ring (bicyclic) bond motifs is 1. The Morgan fingerprint density at radius 2 is 2.05 bits per heavy atom. The number of nitrogens with zero attached hydrogens (tertiary/aromatic N) is 1. The van der Waals surface area contributed by atoms with E-state index in [1.165, 1.54) is 0 Å². The number of carbonyl (C=O) groups is 1. The summed E-state index contributed by atoms with van der Waals surface area (Å²) in [5.41, 5.74) is 3.47. The highest BCUT2D eigenvalue weighted by molar-refractivity contribution is 6.04. The zero-order valence-corrected chi connectivity index (χ0v) is 11.9. The summed E-state index contributed by atoms with van der Waals surface area (Å²) in [6, 6.07) is 11.6. The van der Waals surface area contributed by atoms with Crippen LogP contribution in [0.2, 0.25) is 0 Å². The van der Waals surface area contributed by atoms with E-state index in [0.717, 1.165) is 28.6 Å². The highest BCUT2D eigenvalue weighted by atomic mass is 16.1. The summed E-state index contributed by atoms with van der Waals surface area (Å²) < 4.78 is 0. The van der Waals surface area contributed by atoms with E-state index >= 15 is 0 Å². The Labute approximate surface area is 123 Å². The van der Waals surface area contributed by atoms with Crippen molar-refractivity contribution in [3.05, 3.63) is 54.4 Å². The second-order valence-corrected chi connectivity index (χ2v) is 4.90. The minimum Gasteiger partial charge on any atom is -0.352 e. The van der Waals surface area contributed by atoms with Crippen molar-refractivity contribution in [2.24, 2.45) is 0 Å². The summed E-state index contributed by atoms with van der Waals surface area (Å²) in [6.45, 7) is 2.72. The Bertz CT molecular complexity index is 776. The molecule has 0 aliphatic carbocycles. The Morgan fingerprint density at radius 3 is 2.90 bits per heavy atom. The van der Waals surface area contributed by atoms with Crippen molar-refractivity contribution in [2.45, 2.75) is 13.3 Å². The molecule has 3 rings (SSSR count). The molecule has 0 bridgehead atoms. The molecule has 3 aromatic rings. The lowest BCUT2D eigenvalue weighted by atomic mass is 9.98. The zero-order valence-electron chi connectivity index (χ0n) is 11.9. The summed E-state index contributed by atoms with van der Waals surface area (Å²) in [7, 11) is 0. The maximum atomic E-state index is 12.3. The van der Waals surface area contributed by atoms with Gasteiger partial charge in [0.05, 0.1) is 0 Å². The molecule has 0 spiro atoms. The second-order valence-electron chi connectivity index (χ2n) is 4.90. The van der Waals surface area contributed by atoms with Gasteiger partial charge in [-0.05, 0) is 35.7 Å². The van der Waals surface area contributed by atoms with Crippen LogP contribution in [0.3, 0.4) is 0 Å². The minimum absolute atomic E-state index is 0.0343. The molecule has 4 heteroatoms. The Kier molecular flexibility index (Phi) is 3.69. The predicted octanol–water partition coefficient (Wildman–Crippen LogP) is 3.37. The van der Waals surface area contributed by atoms with Crippen LogP contribution in [0.4, 0.5) is 0 Å². The summed E-state index contributed by atoms with van der Waals surface area (Å²) in [5, 5.41) is 3.96. The summed E-state index contributed by atoms with van der Waals surface area (Å²) in [6.07, 6.45) is 4.54. The molecular formula is C17H17N3O. The van der Waals surface area contributed by atoms with Gasteiger partial charge in [-0.1, -0.05) is 25.1 Å². The van der Waals surface area contributed by atoms with Gasteiger partial charge in [-0.2, -0.15) is 0 Å². The number of aromatic amines is 1. The van der Waals surface area contributed by atoms with Gasteiger partial charge in [0, 0.05) is 29.9 Å². The van der Waals surface area contributed by atoms with E-state index in [1.807, 2.05) is 49.5 Å². The van der Waals surface area contributed by atoms with Crippen LogP contribution in [0, 0.1) is 0 Å². The fraction of sp³-hybridized carbons (Fsp3) is 0.176. The monoisotopic (exact) mass is 279 g/mol. The van der Waals surface area contributed by atoms with Crippen molar-refractivity contribution in [3.8, 4) is 11.1 Å². The van der Waals surface area contributed by atoms with Crippen molar-refractivity contribution < 1.29 is 4.79 Å². The number of nitrogens with one attached hydrogen (secondary N) is 2. The van der Waals surface area contributed by atoms with Gasteiger partial charge in [-0.15, -0.1) is 0 Å². The maximum Gasteiger partial charge on any atom is 0.251 e. The van der Waals surface area contributed by atoms with E-state index in [0.29, 0.717) is 12.1 Å². The van der Waals surface area contributed by atoms with Crippen molar-refractivity contribution in [1.82, 2.24) is 15.3 Å². The van der Waals surface area contributed by atoms with E-state index < -0.39 is 0 Å². The molecule has 2 N–H and O–H groups in total. The molecule has 4 nitrogen and oxygen atoms in total. The normalized spacial score (nSPS) is 10.7. The minimum atomic E-state index is -0.0343. The smallest absolute Gasteiger partial charge is 0.251 e. The third kappa shape index (κ3) is 2.52. The van der Waals surface area contributed by atoms with Crippen LogP contribution >= 0.6 is 0 Å². The summed E-state index contributed by atoms with van der Waals surface area (Å²) >= 11 is 0. The number of hydrogen-bond acceptors (Lipinski definition) is 2. The highest BCUT2D eigenvalue weighted by Gasteiger charge is 2.14. The lowest BCUT2D eigenvalue weighted by Crippen LogP contribution is -2.24. The van der Waals surface area contributed by atoms with Gasteiger partial charge in [-0.25, -0.2) is 4.98 Å². The van der Waals surface area contributed by atoms with Crippen LogP contribution in [0.15, 0.2) is 48.8 Å². The standard InChI is InChI=1S/C17H17N3O/c1-2-9-20-17(21)15-6-4-3-5-12(15)13-7-10-18-16-14(13)8-11-19-16/h3-8,10-11H,2,9H2,1H3,(H,18,19)(H,20,21). The Hall–Kier alpha value is -2.62. The van der Waals surface area contributed by atoms with Gasteiger partial charge in [0.1, 0.15) is 5.65 Å². The van der Waals surface area contributed by atoms with Crippen LogP contribution < -0.4 is 5.32 Å². The summed E-state index contributed by atoms with van der Waals surface area (Å²) in [4.78, 5) is 19.7. The van der Waals surface area contributed by atoms with Gasteiger partial charge in [-0.3, -0.25) is 4.79 Å². The largest absolute Gasteiger partial charge is 0.352 e. The van der Waals surface area contributed by atoms with Gasteiger partial charge < -0.3 is 10.3 Å². The maximum absolute atomic E-state index is 12.3. The molecule has 0 aliphatic heterocycles. The van der Waals surface area contributed by atoms with Crippen LogP contribution in [-0.4, -0.2) is 22.4 Å². The molecule has 2 aromatic heterocycles. The number of carbonyl (C=O) groups excluding carboxylic acids is 1. The van der Waals surface area contributed by atoms with E-state index in [9.17, 15) is 4.79 Å². The van der Waals surface area contributed by atoms with Crippen LogP contribution in [0.25, 0.3) is 22.2 Å². The van der Waals surface area contributed by atoms with Crippen LogP contribution in [0.1, 0.15) is 23.7 Å². The van der Waals surface area contributed by atoms with Crippen molar-refractivity contribution in [2.75, 3.05) is 6.54 Å². The quantitative estimate of drug-likeness (QED) is 0.769. The van der Waals surface area contributed by atoms with Gasteiger partial charge in [0.2, 0.25) is 0 Å². The number of hydrogen-bond donors (Lipinski definition) is 2. The average Bonchev–Trinajstić information content (AvgIpc) is 3.01. The molecule has 1 amide bonds. The highest BCUT2D eigenvalue weighted by Crippen LogP contribution is 2.29. The molecular weight excluding hydrogens is 262 g/mol. The van der Waals surface area contributed by atoms with Crippen molar-refractivity contribution in [1.29, 1.82) is 0 Å². The fourth-order valence-corrected chi connectivity index (χ4v) is 2.45. The second kappa shape index (κ2) is 5.79. The van der Waals surface area contributed by atoms with E-state index in [1.54, 1.807) is 6.20 Å². The van der Waals surface area contributed by atoms with Gasteiger partial charge in [0.25, 0.3) is 5.91 Å². The first-order chi connectivity index (χ1) is 10.3. The van der Waals surface area contributed by atoms with Crippen molar-refractivity contribution >= 4 is 16.9 Å². The van der Waals surface area contributed by atoms with E-state index in [4.69, 9.17) is 0 Å². The Morgan fingerprint density at radius 1 is 1.19 bits per heavy atom. The van der Waals surface area contributed by atoms with E-state index in [-0.39, 0.29) is 5.91 Å². The molecule has 0 saturated heterocycles. The fourth-order valence-electron chi connectivity index (χ4n) is 2.45. The van der Waals surface area contributed by atoms with Crippen LogP contribution in [0.5, 0.6) is 0 Å². The van der Waals surface area contributed by atoms with Crippen LogP contribution in [-0.2, 0) is 0 Å². The SMILES string of the molecule is CCCNC(=O)c1ccccc1-c1ccnc2[nH]ccc12. The first-order valence-corrected chi connectivity index (χ1v) is 7.11. The van der Waals surface area contributed by atoms with Crippen molar-refractivity contribution in [3.63, 3.8) is 0 Å². The number of pyridine rings is 1. The molecule has 0 radical (unpaired) electrons. The van der Waals surface area contributed by atoms with Gasteiger partial charge >= 0.3 is 0 Å². The Balaban J connectivity index is 2.10. The number of aromatic nitrogens is 2. The lowest BCUT2D eigenvalue weighted by Gasteiger charge is -2.10. The lowest BCUT2D eigenvalue weighted by molar-refractivity contribution is 0.0954. The number of rotatable bonds is 4. The summed E-state index contributed by atoms with van der Waals surface area (Å²) in [5.74, 6) is -0.0343. The third-order valence-corrected chi connectivity index (χ3v) is 3.46. The third-order valence-electron chi connectivity index (χ3n) is 3.46. The number of amides is 1. The average molecular weight is 279 g/mol. The topological polar surface area (TPSA) is 57.8 Å². The molecule has 0 fully saturated rings.